The van der Waals surface area contributed by atoms with E-state index in [1.54, 1.807) is 19.1 Å². The number of piperidine rings is 1. The molecule has 1 heterocycles. The summed E-state index contributed by atoms with van der Waals surface area (Å²) in [6, 6.07) is 15.0. The molecule has 3 rings (SSSR count). The summed E-state index contributed by atoms with van der Waals surface area (Å²) in [6.07, 6.45) is 1.88. The molecule has 0 bridgehead atoms. The molecule has 1 unspecified atom stereocenters. The SMILES string of the molecule is CC(Oc1ccccc1Cl)C(=O)Nc1ccc(CCN2CCC(O)CC2)cc1. The van der Waals surface area contributed by atoms with Crippen molar-refractivity contribution in [2.45, 2.75) is 38.4 Å². The summed E-state index contributed by atoms with van der Waals surface area (Å²) in [7, 11) is 0. The average Bonchev–Trinajstić information content (AvgIpc) is 2.70. The molecule has 0 aromatic heterocycles. The number of ether oxygens (including phenoxy) is 1. The van der Waals surface area contributed by atoms with Gasteiger partial charge in [0, 0.05) is 25.3 Å². The first-order valence-corrected chi connectivity index (χ1v) is 10.1. The maximum atomic E-state index is 12.4. The number of aliphatic hydroxyl groups excluding tert-OH is 1. The molecule has 1 aliphatic heterocycles. The summed E-state index contributed by atoms with van der Waals surface area (Å²) < 4.78 is 5.65. The van der Waals surface area contributed by atoms with Crippen LogP contribution in [-0.4, -0.2) is 47.8 Å². The van der Waals surface area contributed by atoms with Crippen molar-refractivity contribution in [3.8, 4) is 5.75 Å². The molecule has 1 aliphatic rings. The van der Waals surface area contributed by atoms with Crippen molar-refractivity contribution in [1.82, 2.24) is 4.90 Å². The number of amides is 1. The third-order valence-corrected chi connectivity index (χ3v) is 5.32. The molecule has 1 atom stereocenters. The van der Waals surface area contributed by atoms with Crippen LogP contribution in [0, 0.1) is 0 Å². The maximum absolute atomic E-state index is 12.4. The van der Waals surface area contributed by atoms with Crippen LogP contribution >= 0.6 is 11.6 Å². The number of aliphatic hydroxyl groups is 1. The molecule has 1 saturated heterocycles. The van der Waals surface area contributed by atoms with Crippen molar-refractivity contribution in [3.63, 3.8) is 0 Å². The minimum atomic E-state index is -0.658. The first-order valence-electron chi connectivity index (χ1n) is 9.72. The van der Waals surface area contributed by atoms with E-state index in [0.717, 1.165) is 44.6 Å². The second kappa shape index (κ2) is 9.92. The lowest BCUT2D eigenvalue weighted by Crippen LogP contribution is -2.37. The topological polar surface area (TPSA) is 61.8 Å². The van der Waals surface area contributed by atoms with Gasteiger partial charge in [0.15, 0.2) is 6.10 Å². The predicted molar refractivity (Wildman–Crippen MR) is 112 cm³/mol. The average molecular weight is 403 g/mol. The molecule has 150 valence electrons. The molecule has 2 N–H and O–H groups in total. The number of nitrogens with zero attached hydrogens (tertiary/aromatic N) is 1. The number of likely N-dealkylation sites (tertiary alicyclic amines) is 1. The van der Waals surface area contributed by atoms with Crippen LogP contribution in [0.3, 0.4) is 0 Å². The molecular formula is C22H27ClN2O3. The van der Waals surface area contributed by atoms with Gasteiger partial charge in [0.2, 0.25) is 0 Å². The number of hydrogen-bond donors (Lipinski definition) is 2. The lowest BCUT2D eigenvalue weighted by molar-refractivity contribution is -0.122. The fraction of sp³-hybridized carbons (Fsp3) is 0.409. The van der Waals surface area contributed by atoms with Gasteiger partial charge in [-0.15, -0.1) is 0 Å². The van der Waals surface area contributed by atoms with Crippen molar-refractivity contribution in [2.24, 2.45) is 0 Å². The lowest BCUT2D eigenvalue weighted by atomic mass is 10.1. The Morgan fingerprint density at radius 3 is 2.57 bits per heavy atom. The van der Waals surface area contributed by atoms with Gasteiger partial charge in [-0.2, -0.15) is 0 Å². The first kappa shape index (κ1) is 20.6. The molecular weight excluding hydrogens is 376 g/mol. The van der Waals surface area contributed by atoms with Crippen molar-refractivity contribution in [1.29, 1.82) is 0 Å². The Hall–Kier alpha value is -2.08. The number of halogens is 1. The lowest BCUT2D eigenvalue weighted by Gasteiger charge is -2.29. The van der Waals surface area contributed by atoms with E-state index in [1.165, 1.54) is 5.56 Å². The second-order valence-electron chi connectivity index (χ2n) is 7.20. The normalized spacial score (nSPS) is 16.5. The largest absolute Gasteiger partial charge is 0.479 e. The van der Waals surface area contributed by atoms with Gasteiger partial charge < -0.3 is 20.1 Å². The summed E-state index contributed by atoms with van der Waals surface area (Å²) >= 11 is 6.07. The maximum Gasteiger partial charge on any atom is 0.265 e. The summed E-state index contributed by atoms with van der Waals surface area (Å²) in [5.74, 6) is 0.270. The van der Waals surface area contributed by atoms with Gasteiger partial charge in [0.05, 0.1) is 11.1 Å². The van der Waals surface area contributed by atoms with Gasteiger partial charge >= 0.3 is 0 Å². The van der Waals surface area contributed by atoms with E-state index in [4.69, 9.17) is 16.3 Å². The predicted octanol–water partition coefficient (Wildman–Crippen LogP) is 3.75. The Kier molecular flexibility index (Phi) is 7.31. The van der Waals surface area contributed by atoms with Gasteiger partial charge in [0.1, 0.15) is 5.75 Å². The van der Waals surface area contributed by atoms with E-state index in [0.29, 0.717) is 10.8 Å². The van der Waals surface area contributed by atoms with Crippen LogP contribution in [0.4, 0.5) is 5.69 Å². The Balaban J connectivity index is 1.46. The molecule has 1 fully saturated rings. The number of carbonyl (C=O) groups excluding carboxylic acids is 1. The summed E-state index contributed by atoms with van der Waals surface area (Å²) in [5, 5.41) is 12.9. The van der Waals surface area contributed by atoms with Crippen LogP contribution < -0.4 is 10.1 Å². The molecule has 2 aromatic carbocycles. The molecule has 0 radical (unpaired) electrons. The number of nitrogens with one attached hydrogen (secondary N) is 1. The highest BCUT2D eigenvalue weighted by Gasteiger charge is 2.17. The molecule has 5 nitrogen and oxygen atoms in total. The van der Waals surface area contributed by atoms with Crippen molar-refractivity contribution in [3.05, 3.63) is 59.1 Å². The van der Waals surface area contributed by atoms with E-state index < -0.39 is 6.10 Å². The summed E-state index contributed by atoms with van der Waals surface area (Å²) in [6.45, 7) is 4.60. The molecule has 0 aliphatic carbocycles. The van der Waals surface area contributed by atoms with E-state index >= 15 is 0 Å². The number of rotatable bonds is 7. The molecule has 6 heteroatoms. The van der Waals surface area contributed by atoms with E-state index in [1.807, 2.05) is 36.4 Å². The Morgan fingerprint density at radius 1 is 1.21 bits per heavy atom. The van der Waals surface area contributed by atoms with E-state index in [-0.39, 0.29) is 12.0 Å². The van der Waals surface area contributed by atoms with Crippen LogP contribution in [0.2, 0.25) is 5.02 Å². The third-order valence-electron chi connectivity index (χ3n) is 5.00. The fourth-order valence-electron chi connectivity index (χ4n) is 3.21. The van der Waals surface area contributed by atoms with Crippen molar-refractivity contribution in [2.75, 3.05) is 25.0 Å². The zero-order valence-corrected chi connectivity index (χ0v) is 16.9. The van der Waals surface area contributed by atoms with Gasteiger partial charge in [0.25, 0.3) is 5.91 Å². The molecule has 1 amide bonds. The molecule has 2 aromatic rings. The minimum absolute atomic E-state index is 0.136. The molecule has 28 heavy (non-hydrogen) atoms. The van der Waals surface area contributed by atoms with Crippen LogP contribution in [-0.2, 0) is 11.2 Å². The van der Waals surface area contributed by atoms with Gasteiger partial charge in [-0.3, -0.25) is 4.79 Å². The van der Waals surface area contributed by atoms with Crippen LogP contribution in [0.15, 0.2) is 48.5 Å². The highest BCUT2D eigenvalue weighted by molar-refractivity contribution is 6.32. The first-order chi connectivity index (χ1) is 13.5. The van der Waals surface area contributed by atoms with Crippen molar-refractivity contribution < 1.29 is 14.6 Å². The minimum Gasteiger partial charge on any atom is -0.479 e. The van der Waals surface area contributed by atoms with E-state index in [2.05, 4.69) is 10.2 Å². The van der Waals surface area contributed by atoms with Crippen LogP contribution in [0.25, 0.3) is 0 Å². The number of benzene rings is 2. The summed E-state index contributed by atoms with van der Waals surface area (Å²) in [5.41, 5.74) is 1.97. The number of carbonyl (C=O) groups is 1. The van der Waals surface area contributed by atoms with E-state index in [9.17, 15) is 9.90 Å². The fourth-order valence-corrected chi connectivity index (χ4v) is 3.39. The van der Waals surface area contributed by atoms with Crippen molar-refractivity contribution >= 4 is 23.2 Å². The van der Waals surface area contributed by atoms with Crippen LogP contribution in [0.1, 0.15) is 25.3 Å². The number of para-hydroxylation sites is 1. The summed E-state index contributed by atoms with van der Waals surface area (Å²) in [4.78, 5) is 14.8. The van der Waals surface area contributed by atoms with Crippen LogP contribution in [0.5, 0.6) is 5.75 Å². The zero-order valence-electron chi connectivity index (χ0n) is 16.1. The van der Waals surface area contributed by atoms with Gasteiger partial charge in [-0.25, -0.2) is 0 Å². The Labute approximate surface area is 171 Å². The zero-order chi connectivity index (χ0) is 19.9. The molecule has 0 spiro atoms. The quantitative estimate of drug-likeness (QED) is 0.740. The highest BCUT2D eigenvalue weighted by atomic mass is 35.5. The smallest absolute Gasteiger partial charge is 0.265 e. The number of hydrogen-bond acceptors (Lipinski definition) is 4. The molecule has 0 saturated carbocycles. The Bertz CT molecular complexity index is 774. The Morgan fingerprint density at radius 2 is 1.89 bits per heavy atom. The van der Waals surface area contributed by atoms with Gasteiger partial charge in [-0.05, 0) is 56.0 Å². The number of anilines is 1. The third kappa shape index (κ3) is 5.96. The second-order valence-corrected chi connectivity index (χ2v) is 7.61. The van der Waals surface area contributed by atoms with Gasteiger partial charge in [-0.1, -0.05) is 35.9 Å². The highest BCUT2D eigenvalue weighted by Crippen LogP contribution is 2.24. The standard InChI is InChI=1S/C22H27ClN2O3/c1-16(28-21-5-3-2-4-20(21)23)22(27)24-18-8-6-17(7-9-18)10-13-25-14-11-19(26)12-15-25/h2-9,16,19,26H,10-15H2,1H3,(H,24,27). The monoisotopic (exact) mass is 402 g/mol.